The first-order valence-corrected chi connectivity index (χ1v) is 7.91. The Hall–Kier alpha value is -1.88. The van der Waals surface area contributed by atoms with Gasteiger partial charge in [-0.2, -0.15) is 0 Å². The summed E-state index contributed by atoms with van der Waals surface area (Å²) in [5, 5.41) is 3.54. The standard InChI is InChI=1S/C17H23N3O2/c1-5-11-8-14-13(9-12(11)17(21)22-4)19-16-15(10(2)3)18-6-7-20(14)16/h8-10,15,18H,5-7H2,1-4H3/t15-/m1/s1. The maximum atomic E-state index is 12.0. The fourth-order valence-corrected chi connectivity index (χ4v) is 3.25. The lowest BCUT2D eigenvalue weighted by Crippen LogP contribution is -2.36. The molecule has 0 aliphatic carbocycles. The average Bonchev–Trinajstić information content (AvgIpc) is 2.89. The molecule has 1 aromatic carbocycles. The molecule has 0 fully saturated rings. The Bertz CT molecular complexity index is 718. The van der Waals surface area contributed by atoms with Crippen molar-refractivity contribution in [2.45, 2.75) is 39.8 Å². The normalized spacial score (nSPS) is 17.8. The molecule has 0 bridgehead atoms. The third-order valence-corrected chi connectivity index (χ3v) is 4.43. The number of imidazole rings is 1. The molecule has 2 heterocycles. The lowest BCUT2D eigenvalue weighted by Gasteiger charge is -2.28. The maximum Gasteiger partial charge on any atom is 0.338 e. The number of hydrogen-bond donors (Lipinski definition) is 1. The van der Waals surface area contributed by atoms with Crippen molar-refractivity contribution in [1.82, 2.24) is 14.9 Å². The van der Waals surface area contributed by atoms with Gasteiger partial charge in [-0.3, -0.25) is 0 Å². The minimum atomic E-state index is -0.289. The summed E-state index contributed by atoms with van der Waals surface area (Å²) in [5.74, 6) is 1.25. The monoisotopic (exact) mass is 301 g/mol. The van der Waals surface area contributed by atoms with Crippen LogP contribution in [-0.2, 0) is 17.7 Å². The van der Waals surface area contributed by atoms with E-state index in [-0.39, 0.29) is 12.0 Å². The van der Waals surface area contributed by atoms with Crippen molar-refractivity contribution < 1.29 is 9.53 Å². The van der Waals surface area contributed by atoms with Gasteiger partial charge >= 0.3 is 5.97 Å². The van der Waals surface area contributed by atoms with E-state index in [1.54, 1.807) is 0 Å². The number of aromatic nitrogens is 2. The summed E-state index contributed by atoms with van der Waals surface area (Å²) in [4.78, 5) is 16.8. The van der Waals surface area contributed by atoms with E-state index in [1.165, 1.54) is 7.11 Å². The fraction of sp³-hybridized carbons (Fsp3) is 0.529. The molecule has 5 heteroatoms. The highest BCUT2D eigenvalue weighted by molar-refractivity contribution is 5.95. The van der Waals surface area contributed by atoms with Gasteiger partial charge in [0.05, 0.1) is 29.7 Å². The number of carbonyl (C=O) groups excluding carboxylic acids is 1. The second kappa shape index (κ2) is 5.72. The molecule has 118 valence electrons. The van der Waals surface area contributed by atoms with Crippen molar-refractivity contribution in [3.8, 4) is 0 Å². The van der Waals surface area contributed by atoms with Crippen LogP contribution in [0.2, 0.25) is 0 Å². The van der Waals surface area contributed by atoms with Gasteiger partial charge in [-0.05, 0) is 30.0 Å². The predicted molar refractivity (Wildman–Crippen MR) is 86.0 cm³/mol. The highest BCUT2D eigenvalue weighted by Gasteiger charge is 2.27. The van der Waals surface area contributed by atoms with E-state index in [4.69, 9.17) is 9.72 Å². The van der Waals surface area contributed by atoms with E-state index in [9.17, 15) is 4.79 Å². The Labute approximate surface area is 130 Å². The molecule has 0 saturated carbocycles. The molecule has 1 N–H and O–H groups in total. The van der Waals surface area contributed by atoms with Crippen LogP contribution in [-0.4, -0.2) is 29.2 Å². The molecular weight excluding hydrogens is 278 g/mol. The molecule has 3 rings (SSSR count). The van der Waals surface area contributed by atoms with E-state index in [0.29, 0.717) is 11.5 Å². The molecule has 1 aliphatic heterocycles. The van der Waals surface area contributed by atoms with Crippen LogP contribution < -0.4 is 5.32 Å². The zero-order chi connectivity index (χ0) is 15.9. The molecular formula is C17H23N3O2. The quantitative estimate of drug-likeness (QED) is 0.886. The number of carbonyl (C=O) groups is 1. The smallest absolute Gasteiger partial charge is 0.338 e. The molecule has 0 unspecified atom stereocenters. The summed E-state index contributed by atoms with van der Waals surface area (Å²) < 4.78 is 7.19. The molecule has 22 heavy (non-hydrogen) atoms. The number of nitrogens with zero attached hydrogens (tertiary/aromatic N) is 2. The highest BCUT2D eigenvalue weighted by Crippen LogP contribution is 2.30. The lowest BCUT2D eigenvalue weighted by atomic mass is 10.0. The third kappa shape index (κ3) is 2.29. The number of ether oxygens (including phenoxy) is 1. The van der Waals surface area contributed by atoms with E-state index >= 15 is 0 Å². The van der Waals surface area contributed by atoms with Crippen molar-refractivity contribution in [2.75, 3.05) is 13.7 Å². The molecule has 1 aromatic heterocycles. The van der Waals surface area contributed by atoms with Gasteiger partial charge in [0.25, 0.3) is 0 Å². The van der Waals surface area contributed by atoms with Crippen LogP contribution in [0.15, 0.2) is 12.1 Å². The summed E-state index contributed by atoms with van der Waals surface area (Å²) in [6.45, 7) is 8.31. The Morgan fingerprint density at radius 2 is 2.27 bits per heavy atom. The summed E-state index contributed by atoms with van der Waals surface area (Å²) >= 11 is 0. The van der Waals surface area contributed by atoms with Gasteiger partial charge in [-0.25, -0.2) is 9.78 Å². The summed E-state index contributed by atoms with van der Waals surface area (Å²) in [7, 11) is 1.42. The Balaban J connectivity index is 2.21. The molecule has 0 saturated heterocycles. The second-order valence-corrected chi connectivity index (χ2v) is 6.14. The highest BCUT2D eigenvalue weighted by atomic mass is 16.5. The van der Waals surface area contributed by atoms with E-state index in [2.05, 4.69) is 36.7 Å². The molecule has 0 spiro atoms. The van der Waals surface area contributed by atoms with E-state index < -0.39 is 0 Å². The Morgan fingerprint density at radius 3 is 2.91 bits per heavy atom. The number of nitrogens with one attached hydrogen (secondary N) is 1. The Kier molecular flexibility index (Phi) is 3.91. The fourth-order valence-electron chi connectivity index (χ4n) is 3.25. The van der Waals surface area contributed by atoms with Gasteiger partial charge in [0.1, 0.15) is 5.82 Å². The predicted octanol–water partition coefficient (Wildman–Crippen LogP) is 2.69. The number of aryl methyl sites for hydroxylation is 1. The number of fused-ring (bicyclic) bond motifs is 3. The van der Waals surface area contributed by atoms with Crippen LogP contribution in [0.5, 0.6) is 0 Å². The van der Waals surface area contributed by atoms with Crippen LogP contribution in [0.25, 0.3) is 11.0 Å². The van der Waals surface area contributed by atoms with Gasteiger partial charge in [0.15, 0.2) is 0 Å². The average molecular weight is 301 g/mol. The van der Waals surface area contributed by atoms with Crippen molar-refractivity contribution in [1.29, 1.82) is 0 Å². The van der Waals surface area contributed by atoms with E-state index in [1.807, 2.05) is 6.07 Å². The Morgan fingerprint density at radius 1 is 1.50 bits per heavy atom. The van der Waals surface area contributed by atoms with Gasteiger partial charge < -0.3 is 14.6 Å². The number of methoxy groups -OCH3 is 1. The van der Waals surface area contributed by atoms with Gasteiger partial charge in [0, 0.05) is 13.1 Å². The first kappa shape index (κ1) is 15.0. The molecule has 2 aromatic rings. The number of benzene rings is 1. The lowest BCUT2D eigenvalue weighted by molar-refractivity contribution is 0.0599. The summed E-state index contributed by atoms with van der Waals surface area (Å²) in [5.41, 5.74) is 3.64. The number of hydrogen-bond acceptors (Lipinski definition) is 4. The zero-order valence-electron chi connectivity index (χ0n) is 13.6. The maximum absolute atomic E-state index is 12.0. The van der Waals surface area contributed by atoms with Crippen LogP contribution in [0, 0.1) is 5.92 Å². The first-order valence-electron chi connectivity index (χ1n) is 7.91. The molecule has 5 nitrogen and oxygen atoms in total. The van der Waals surface area contributed by atoms with Crippen LogP contribution >= 0.6 is 0 Å². The van der Waals surface area contributed by atoms with Gasteiger partial charge in [-0.1, -0.05) is 20.8 Å². The van der Waals surface area contributed by atoms with Crippen LogP contribution in [0.1, 0.15) is 48.6 Å². The van der Waals surface area contributed by atoms with E-state index in [0.717, 1.165) is 41.9 Å². The number of esters is 1. The molecule has 0 amide bonds. The summed E-state index contributed by atoms with van der Waals surface area (Å²) in [6, 6.07) is 4.23. The van der Waals surface area contributed by atoms with Gasteiger partial charge in [0.2, 0.25) is 0 Å². The van der Waals surface area contributed by atoms with Crippen molar-refractivity contribution in [3.63, 3.8) is 0 Å². The number of rotatable bonds is 3. The largest absolute Gasteiger partial charge is 0.465 e. The topological polar surface area (TPSA) is 56.1 Å². The van der Waals surface area contributed by atoms with Gasteiger partial charge in [-0.15, -0.1) is 0 Å². The first-order chi connectivity index (χ1) is 10.6. The minimum Gasteiger partial charge on any atom is -0.465 e. The minimum absolute atomic E-state index is 0.257. The molecule has 1 aliphatic rings. The zero-order valence-corrected chi connectivity index (χ0v) is 13.6. The molecule has 1 atom stereocenters. The third-order valence-electron chi connectivity index (χ3n) is 4.43. The van der Waals surface area contributed by atoms with Crippen molar-refractivity contribution in [2.24, 2.45) is 5.92 Å². The summed E-state index contributed by atoms with van der Waals surface area (Å²) in [6.07, 6.45) is 0.798. The van der Waals surface area contributed by atoms with Crippen molar-refractivity contribution in [3.05, 3.63) is 29.1 Å². The second-order valence-electron chi connectivity index (χ2n) is 6.14. The SMILES string of the molecule is CCc1cc2c(cc1C(=O)OC)nc1n2CCN[C@@H]1C(C)C. The molecule has 0 radical (unpaired) electrons. The van der Waals surface area contributed by atoms with Crippen molar-refractivity contribution >= 4 is 17.0 Å². The van der Waals surface area contributed by atoms with Crippen LogP contribution in [0.3, 0.4) is 0 Å². The van der Waals surface area contributed by atoms with Crippen LogP contribution in [0.4, 0.5) is 0 Å².